The number of anilines is 1. The fourth-order valence-corrected chi connectivity index (χ4v) is 5.87. The van der Waals surface area contributed by atoms with Gasteiger partial charge in [0, 0.05) is 31.9 Å². The molecule has 0 unspecified atom stereocenters. The molecule has 1 aromatic rings. The molecule has 0 radical (unpaired) electrons. The summed E-state index contributed by atoms with van der Waals surface area (Å²) >= 11 is 0. The van der Waals surface area contributed by atoms with Crippen molar-refractivity contribution in [2.45, 2.75) is 17.7 Å². The van der Waals surface area contributed by atoms with E-state index < -0.39 is 44.4 Å². The Hall–Kier alpha value is -2.06. The molecule has 0 atom stereocenters. The summed E-state index contributed by atoms with van der Waals surface area (Å²) < 4.78 is 61.5. The first-order valence-corrected chi connectivity index (χ1v) is 13.5. The van der Waals surface area contributed by atoms with Crippen LogP contribution in [0.5, 0.6) is 0 Å². The van der Waals surface area contributed by atoms with E-state index in [2.05, 4.69) is 5.32 Å². The van der Waals surface area contributed by atoms with E-state index in [9.17, 15) is 26.4 Å². The standard InChI is InChI=1S/C19H27N3O8S2/c1-31(25,26)21-7-5-15(6-8-21)19(24)30-14-18(23)20-16-3-2-4-17(13-16)32(27,28)22-9-11-29-12-10-22/h2-4,13,15H,5-12,14H2,1H3,(H,20,23). The lowest BCUT2D eigenvalue weighted by molar-refractivity contribution is -0.152. The average Bonchev–Trinajstić information content (AvgIpc) is 2.78. The number of morpholine rings is 1. The Bertz CT molecular complexity index is 1040. The lowest BCUT2D eigenvalue weighted by Crippen LogP contribution is -2.40. The Kier molecular flexibility index (Phi) is 7.88. The molecule has 11 nitrogen and oxygen atoms in total. The van der Waals surface area contributed by atoms with E-state index in [0.717, 1.165) is 6.26 Å². The third-order valence-corrected chi connectivity index (χ3v) is 8.53. The molecule has 0 aromatic heterocycles. The van der Waals surface area contributed by atoms with Crippen LogP contribution in [0.1, 0.15) is 12.8 Å². The highest BCUT2D eigenvalue weighted by atomic mass is 32.2. The zero-order valence-corrected chi connectivity index (χ0v) is 19.4. The van der Waals surface area contributed by atoms with Crippen molar-refractivity contribution in [3.8, 4) is 0 Å². The summed E-state index contributed by atoms with van der Waals surface area (Å²) in [6, 6.07) is 5.86. The van der Waals surface area contributed by atoms with Gasteiger partial charge in [-0.3, -0.25) is 9.59 Å². The summed E-state index contributed by atoms with van der Waals surface area (Å²) in [4.78, 5) is 24.4. The zero-order valence-electron chi connectivity index (χ0n) is 17.7. The molecule has 178 valence electrons. The summed E-state index contributed by atoms with van der Waals surface area (Å²) in [6.07, 6.45) is 1.78. The van der Waals surface area contributed by atoms with E-state index in [1.165, 1.54) is 26.8 Å². The number of hydrogen-bond acceptors (Lipinski definition) is 8. The van der Waals surface area contributed by atoms with E-state index in [0.29, 0.717) is 26.1 Å². The number of ether oxygens (including phenoxy) is 2. The molecule has 32 heavy (non-hydrogen) atoms. The number of amides is 1. The molecule has 0 aliphatic carbocycles. The van der Waals surface area contributed by atoms with Crippen molar-refractivity contribution in [2.75, 3.05) is 57.6 Å². The molecular formula is C19H27N3O8S2. The number of hydrogen-bond donors (Lipinski definition) is 1. The highest BCUT2D eigenvalue weighted by molar-refractivity contribution is 7.89. The number of benzene rings is 1. The predicted octanol–water partition coefficient (Wildman–Crippen LogP) is -0.139. The average molecular weight is 490 g/mol. The molecule has 1 aromatic carbocycles. The predicted molar refractivity (Wildman–Crippen MR) is 115 cm³/mol. The second kappa shape index (κ2) is 10.3. The summed E-state index contributed by atoms with van der Waals surface area (Å²) in [7, 11) is -7.00. The number of rotatable bonds is 7. The van der Waals surface area contributed by atoms with Gasteiger partial charge in [-0.2, -0.15) is 4.31 Å². The fraction of sp³-hybridized carbons (Fsp3) is 0.579. The van der Waals surface area contributed by atoms with Crippen LogP contribution < -0.4 is 5.32 Å². The fourth-order valence-electron chi connectivity index (χ4n) is 3.55. The van der Waals surface area contributed by atoms with E-state index in [1.54, 1.807) is 6.07 Å². The SMILES string of the molecule is CS(=O)(=O)N1CCC(C(=O)OCC(=O)Nc2cccc(S(=O)(=O)N3CCOCC3)c2)CC1. The van der Waals surface area contributed by atoms with E-state index in [4.69, 9.17) is 9.47 Å². The lowest BCUT2D eigenvalue weighted by atomic mass is 9.98. The smallest absolute Gasteiger partial charge is 0.309 e. The van der Waals surface area contributed by atoms with Crippen molar-refractivity contribution in [1.82, 2.24) is 8.61 Å². The van der Waals surface area contributed by atoms with Crippen LogP contribution in [-0.4, -0.2) is 89.6 Å². The second-order valence-corrected chi connectivity index (χ2v) is 11.6. The molecule has 3 rings (SSSR count). The number of sulfonamides is 2. The number of nitrogens with one attached hydrogen (secondary N) is 1. The van der Waals surface area contributed by atoms with Crippen molar-refractivity contribution in [3.63, 3.8) is 0 Å². The van der Waals surface area contributed by atoms with Crippen LogP contribution >= 0.6 is 0 Å². The second-order valence-electron chi connectivity index (χ2n) is 7.64. The maximum absolute atomic E-state index is 12.7. The number of piperidine rings is 1. The topological polar surface area (TPSA) is 139 Å². The first-order valence-electron chi connectivity index (χ1n) is 10.2. The van der Waals surface area contributed by atoms with Crippen LogP contribution in [0.15, 0.2) is 29.2 Å². The van der Waals surface area contributed by atoms with Gasteiger partial charge in [-0.1, -0.05) is 6.07 Å². The molecule has 0 bridgehead atoms. The summed E-state index contributed by atoms with van der Waals surface area (Å²) in [5, 5.41) is 2.53. The monoisotopic (exact) mass is 489 g/mol. The Morgan fingerprint density at radius 1 is 1.06 bits per heavy atom. The van der Waals surface area contributed by atoms with Crippen LogP contribution in [0.3, 0.4) is 0 Å². The third-order valence-electron chi connectivity index (χ3n) is 5.33. The van der Waals surface area contributed by atoms with Crippen LogP contribution in [0.25, 0.3) is 0 Å². The molecule has 2 saturated heterocycles. The van der Waals surface area contributed by atoms with Crippen molar-refractivity contribution in [2.24, 2.45) is 5.92 Å². The summed E-state index contributed by atoms with van der Waals surface area (Å²) in [6.45, 7) is 1.12. The molecule has 13 heteroatoms. The first kappa shape index (κ1) is 24.6. The maximum atomic E-state index is 12.7. The van der Waals surface area contributed by atoms with Crippen LogP contribution in [0.4, 0.5) is 5.69 Å². The largest absolute Gasteiger partial charge is 0.455 e. The molecule has 1 amide bonds. The van der Waals surface area contributed by atoms with Crippen LogP contribution in [0.2, 0.25) is 0 Å². The van der Waals surface area contributed by atoms with Crippen LogP contribution in [0, 0.1) is 5.92 Å². The molecule has 2 fully saturated rings. The van der Waals surface area contributed by atoms with E-state index in [-0.39, 0.29) is 36.8 Å². The molecular weight excluding hydrogens is 462 g/mol. The summed E-state index contributed by atoms with van der Waals surface area (Å²) in [5.41, 5.74) is 0.266. The van der Waals surface area contributed by atoms with Gasteiger partial charge in [0.2, 0.25) is 20.0 Å². The Labute approximate surface area is 187 Å². The quantitative estimate of drug-likeness (QED) is 0.522. The zero-order chi connectivity index (χ0) is 23.4. The van der Waals surface area contributed by atoms with Gasteiger partial charge in [0.25, 0.3) is 5.91 Å². The van der Waals surface area contributed by atoms with E-state index in [1.807, 2.05) is 0 Å². The van der Waals surface area contributed by atoms with Gasteiger partial charge in [-0.25, -0.2) is 21.1 Å². The normalized spacial score (nSPS) is 19.4. The van der Waals surface area contributed by atoms with Crippen molar-refractivity contribution in [3.05, 3.63) is 24.3 Å². The Balaban J connectivity index is 1.51. The van der Waals surface area contributed by atoms with Crippen molar-refractivity contribution < 1.29 is 35.9 Å². The van der Waals surface area contributed by atoms with Gasteiger partial charge in [-0.15, -0.1) is 0 Å². The molecule has 2 aliphatic heterocycles. The van der Waals surface area contributed by atoms with Gasteiger partial charge in [-0.05, 0) is 31.0 Å². The van der Waals surface area contributed by atoms with Gasteiger partial charge < -0.3 is 14.8 Å². The van der Waals surface area contributed by atoms with Gasteiger partial charge in [0.05, 0.1) is 30.3 Å². The molecule has 1 N–H and O–H groups in total. The maximum Gasteiger partial charge on any atom is 0.309 e. The summed E-state index contributed by atoms with van der Waals surface area (Å²) in [5.74, 6) is -1.63. The number of carbonyl (C=O) groups is 2. The number of carbonyl (C=O) groups excluding carboxylic acids is 2. The van der Waals surface area contributed by atoms with Crippen molar-refractivity contribution >= 4 is 37.6 Å². The van der Waals surface area contributed by atoms with E-state index >= 15 is 0 Å². The minimum Gasteiger partial charge on any atom is -0.455 e. The lowest BCUT2D eigenvalue weighted by Gasteiger charge is -2.28. The highest BCUT2D eigenvalue weighted by Gasteiger charge is 2.30. The highest BCUT2D eigenvalue weighted by Crippen LogP contribution is 2.22. The minimum absolute atomic E-state index is 0.0480. The Morgan fingerprint density at radius 2 is 1.72 bits per heavy atom. The van der Waals surface area contributed by atoms with Crippen molar-refractivity contribution in [1.29, 1.82) is 0 Å². The number of nitrogens with zero attached hydrogens (tertiary/aromatic N) is 2. The molecule has 2 heterocycles. The number of esters is 1. The van der Waals surface area contributed by atoms with Crippen LogP contribution in [-0.2, 0) is 39.1 Å². The molecule has 0 spiro atoms. The van der Waals surface area contributed by atoms with Gasteiger partial charge >= 0.3 is 5.97 Å². The minimum atomic E-state index is -3.71. The molecule has 0 saturated carbocycles. The third kappa shape index (κ3) is 6.25. The van der Waals surface area contributed by atoms with Gasteiger partial charge in [0.15, 0.2) is 6.61 Å². The van der Waals surface area contributed by atoms with Gasteiger partial charge in [0.1, 0.15) is 0 Å². The Morgan fingerprint density at radius 3 is 2.34 bits per heavy atom. The molecule has 2 aliphatic rings. The first-order chi connectivity index (χ1) is 15.1.